The first-order valence-corrected chi connectivity index (χ1v) is 12.5. The Labute approximate surface area is 216 Å². The lowest BCUT2D eigenvalue weighted by Crippen LogP contribution is -2.09. The molecule has 0 heterocycles. The van der Waals surface area contributed by atoms with Gasteiger partial charge in [-0.1, -0.05) is 53.7 Å². The van der Waals surface area contributed by atoms with Gasteiger partial charge in [0, 0.05) is 23.6 Å². The number of hydrogen-bond acceptors (Lipinski definition) is 4. The molecular weight excluding hydrogens is 444 g/mol. The average molecular weight is 485 g/mol. The number of phenols is 2. The fourth-order valence-electron chi connectivity index (χ4n) is 4.31. The predicted octanol–water partition coefficient (Wildman–Crippen LogP) is 8.39. The molecule has 3 rings (SSSR count). The van der Waals surface area contributed by atoms with Gasteiger partial charge in [0.1, 0.15) is 11.5 Å². The molecule has 190 valence electrons. The van der Waals surface area contributed by atoms with E-state index in [4.69, 9.17) is 0 Å². The van der Waals surface area contributed by atoms with Crippen molar-refractivity contribution in [2.75, 3.05) is 0 Å². The molecule has 4 nitrogen and oxygen atoms in total. The molecule has 4 heteroatoms. The molecular formula is C32H40N2O2. The number of benzene rings is 3. The van der Waals surface area contributed by atoms with E-state index in [-0.39, 0.29) is 22.3 Å². The van der Waals surface area contributed by atoms with Crippen LogP contribution in [-0.2, 0) is 12.8 Å². The first kappa shape index (κ1) is 27.2. The lowest BCUT2D eigenvalue weighted by atomic mass is 9.87. The van der Waals surface area contributed by atoms with E-state index in [1.165, 1.54) is 11.1 Å². The smallest absolute Gasteiger partial charge is 0.127 e. The third-order valence-corrected chi connectivity index (χ3v) is 5.80. The van der Waals surface area contributed by atoms with Gasteiger partial charge in [0.2, 0.25) is 0 Å². The van der Waals surface area contributed by atoms with Gasteiger partial charge in [-0.15, -0.1) is 0 Å². The first-order valence-electron chi connectivity index (χ1n) is 12.5. The average Bonchev–Trinajstić information content (AvgIpc) is 2.75. The normalized spacial score (nSPS) is 12.7. The summed E-state index contributed by atoms with van der Waals surface area (Å²) in [6, 6.07) is 15.7. The van der Waals surface area contributed by atoms with Gasteiger partial charge >= 0.3 is 0 Å². The van der Waals surface area contributed by atoms with Crippen molar-refractivity contribution in [1.82, 2.24) is 0 Å². The zero-order valence-corrected chi connectivity index (χ0v) is 23.0. The summed E-state index contributed by atoms with van der Waals surface area (Å²) in [4.78, 5) is 9.14. The molecule has 0 aromatic heterocycles. The Morgan fingerprint density at radius 2 is 0.944 bits per heavy atom. The lowest BCUT2D eigenvalue weighted by molar-refractivity contribution is 0.410. The summed E-state index contributed by atoms with van der Waals surface area (Å²) in [5, 5.41) is 21.0. The Morgan fingerprint density at radius 1 is 0.611 bits per heavy atom. The summed E-state index contributed by atoms with van der Waals surface area (Å²) >= 11 is 0. The van der Waals surface area contributed by atoms with Gasteiger partial charge in [-0.25, -0.2) is 0 Å². The van der Waals surface area contributed by atoms with E-state index in [1.807, 2.05) is 62.4 Å². The quantitative estimate of drug-likeness (QED) is 0.345. The maximum absolute atomic E-state index is 10.5. The van der Waals surface area contributed by atoms with Crippen LogP contribution in [0.15, 0.2) is 58.5 Å². The van der Waals surface area contributed by atoms with Gasteiger partial charge in [-0.3, -0.25) is 9.98 Å². The second-order valence-corrected chi connectivity index (χ2v) is 12.2. The lowest BCUT2D eigenvalue weighted by Gasteiger charge is -2.19. The van der Waals surface area contributed by atoms with Crippen LogP contribution in [0.3, 0.4) is 0 Å². The van der Waals surface area contributed by atoms with E-state index in [9.17, 15) is 10.2 Å². The van der Waals surface area contributed by atoms with Crippen LogP contribution in [0, 0.1) is 24.7 Å². The summed E-state index contributed by atoms with van der Waals surface area (Å²) in [7, 11) is 0. The van der Waals surface area contributed by atoms with Crippen molar-refractivity contribution in [2.45, 2.75) is 68.2 Å². The fraction of sp³-hybridized carbons (Fsp3) is 0.375. The van der Waals surface area contributed by atoms with Gasteiger partial charge in [0.05, 0.1) is 11.4 Å². The minimum Gasteiger partial charge on any atom is -0.507 e. The Morgan fingerprint density at radius 3 is 1.25 bits per heavy atom. The van der Waals surface area contributed by atoms with Crippen LogP contribution in [0.25, 0.3) is 0 Å². The summed E-state index contributed by atoms with van der Waals surface area (Å²) in [5.74, 6) is 0.530. The summed E-state index contributed by atoms with van der Waals surface area (Å²) in [6.07, 6.45) is 5.29. The van der Waals surface area contributed by atoms with Crippen molar-refractivity contribution >= 4 is 23.8 Å². The van der Waals surface area contributed by atoms with Crippen LogP contribution < -0.4 is 0 Å². The Balaban J connectivity index is 1.78. The third-order valence-electron chi connectivity index (χ3n) is 5.80. The van der Waals surface area contributed by atoms with Crippen LogP contribution in [-0.4, -0.2) is 22.6 Å². The highest BCUT2D eigenvalue weighted by Gasteiger charge is 2.15. The number of aliphatic imine (C=N–C) groups is 2. The van der Waals surface area contributed by atoms with Crippen molar-refractivity contribution < 1.29 is 10.2 Å². The highest BCUT2D eigenvalue weighted by molar-refractivity contribution is 5.87. The molecule has 0 saturated heterocycles. The van der Waals surface area contributed by atoms with Gasteiger partial charge in [0.15, 0.2) is 0 Å². The molecule has 0 unspecified atom stereocenters. The first-order chi connectivity index (χ1) is 16.7. The van der Waals surface area contributed by atoms with Gasteiger partial charge in [-0.05, 0) is 96.2 Å². The second kappa shape index (κ2) is 10.7. The summed E-state index contributed by atoms with van der Waals surface area (Å²) < 4.78 is 0. The largest absolute Gasteiger partial charge is 0.507 e. The number of rotatable bonds is 6. The second-order valence-electron chi connectivity index (χ2n) is 12.2. The van der Waals surface area contributed by atoms with Crippen molar-refractivity contribution in [3.63, 3.8) is 0 Å². The SMILES string of the molecule is Cc1cc(CC(C)(C)C)cc(C=Nc2ccc(N=Cc3cc(CC(C)(C)C)cc(C)c3O)cc2)c1O. The van der Waals surface area contributed by atoms with E-state index < -0.39 is 0 Å². The zero-order chi connectivity index (χ0) is 26.7. The number of aromatic hydroxyl groups is 2. The van der Waals surface area contributed by atoms with Crippen LogP contribution in [0.1, 0.15) is 74.9 Å². The molecule has 0 atom stereocenters. The molecule has 0 spiro atoms. The highest BCUT2D eigenvalue weighted by Crippen LogP contribution is 2.29. The minimum atomic E-state index is 0.164. The summed E-state index contributed by atoms with van der Waals surface area (Å²) in [5.41, 5.74) is 7.41. The van der Waals surface area contributed by atoms with Crippen LogP contribution in [0.5, 0.6) is 11.5 Å². The van der Waals surface area contributed by atoms with Crippen LogP contribution in [0.4, 0.5) is 11.4 Å². The Hall–Kier alpha value is -3.40. The van der Waals surface area contributed by atoms with Crippen LogP contribution >= 0.6 is 0 Å². The van der Waals surface area contributed by atoms with E-state index in [1.54, 1.807) is 12.4 Å². The van der Waals surface area contributed by atoms with E-state index in [0.29, 0.717) is 0 Å². The molecule has 0 bridgehead atoms. The molecule has 36 heavy (non-hydrogen) atoms. The molecule has 0 radical (unpaired) electrons. The third kappa shape index (κ3) is 7.81. The summed E-state index contributed by atoms with van der Waals surface area (Å²) in [6.45, 7) is 17.1. The van der Waals surface area contributed by atoms with Gasteiger partial charge < -0.3 is 10.2 Å². The molecule has 2 N–H and O–H groups in total. The number of aryl methyl sites for hydroxylation is 2. The molecule has 0 fully saturated rings. The van der Waals surface area contributed by atoms with E-state index in [2.05, 4.69) is 51.5 Å². The molecule has 0 saturated carbocycles. The maximum atomic E-state index is 10.5. The molecule has 0 aliphatic rings. The standard InChI is InChI=1S/C32H40N2O2/c1-21-13-23(17-31(3,4)5)15-25(29(21)35)19-33-27-9-11-28(12-10-27)34-20-26-16-24(18-32(6,7)8)14-22(2)30(26)36/h9-16,19-20,35-36H,17-18H2,1-8H3. The van der Waals surface area contributed by atoms with E-state index >= 15 is 0 Å². The molecule has 3 aromatic carbocycles. The van der Waals surface area contributed by atoms with Crippen molar-refractivity contribution in [1.29, 1.82) is 0 Å². The number of nitrogens with zero attached hydrogens (tertiary/aromatic N) is 2. The van der Waals surface area contributed by atoms with Crippen molar-refractivity contribution in [3.05, 3.63) is 81.9 Å². The Bertz CT molecular complexity index is 1170. The molecule has 0 amide bonds. The highest BCUT2D eigenvalue weighted by atomic mass is 16.3. The molecule has 3 aromatic rings. The van der Waals surface area contributed by atoms with Gasteiger partial charge in [-0.2, -0.15) is 0 Å². The fourth-order valence-corrected chi connectivity index (χ4v) is 4.31. The minimum absolute atomic E-state index is 0.164. The maximum Gasteiger partial charge on any atom is 0.127 e. The Kier molecular flexibility index (Phi) is 8.08. The van der Waals surface area contributed by atoms with E-state index in [0.717, 1.165) is 46.5 Å². The van der Waals surface area contributed by atoms with Crippen molar-refractivity contribution in [2.24, 2.45) is 20.8 Å². The topological polar surface area (TPSA) is 65.2 Å². The number of phenolic OH excluding ortho intramolecular Hbond substituents is 2. The predicted molar refractivity (Wildman–Crippen MR) is 153 cm³/mol. The number of hydrogen-bond donors (Lipinski definition) is 2. The monoisotopic (exact) mass is 484 g/mol. The van der Waals surface area contributed by atoms with Crippen LogP contribution in [0.2, 0.25) is 0 Å². The molecule has 0 aliphatic carbocycles. The van der Waals surface area contributed by atoms with Crippen molar-refractivity contribution in [3.8, 4) is 11.5 Å². The zero-order valence-electron chi connectivity index (χ0n) is 23.0. The molecule has 0 aliphatic heterocycles. The van der Waals surface area contributed by atoms with Gasteiger partial charge in [0.25, 0.3) is 0 Å².